The van der Waals surface area contributed by atoms with Gasteiger partial charge >= 0.3 is 0 Å². The third-order valence-electron chi connectivity index (χ3n) is 5.79. The normalized spacial score (nSPS) is 12.2. The number of benzene rings is 2. The maximum absolute atomic E-state index is 13.4. The van der Waals surface area contributed by atoms with E-state index in [-0.39, 0.29) is 16.9 Å². The number of pyridine rings is 1. The SMILES string of the molecule is COc1c(NC(=O)c2ccc(C)c(N(N)/C=C(\N)c3ccc(Cl)nc3)c2)cc(C(C)(C)C)cc1NS(C)(=O)=O. The van der Waals surface area contributed by atoms with Crippen molar-refractivity contribution >= 4 is 50.3 Å². The van der Waals surface area contributed by atoms with Gasteiger partial charge in [-0.15, -0.1) is 0 Å². The molecule has 0 bridgehead atoms. The second-order valence-corrected chi connectivity index (χ2v) is 12.2. The highest BCUT2D eigenvalue weighted by Gasteiger charge is 2.23. The van der Waals surface area contributed by atoms with Crippen molar-refractivity contribution in [1.29, 1.82) is 0 Å². The fourth-order valence-electron chi connectivity index (χ4n) is 3.71. The van der Waals surface area contributed by atoms with Gasteiger partial charge in [0, 0.05) is 23.5 Å². The molecule has 2 aromatic carbocycles. The lowest BCUT2D eigenvalue weighted by Crippen LogP contribution is -2.27. The Hall–Kier alpha value is -3.80. The number of aryl methyl sites for hydroxylation is 1. The summed E-state index contributed by atoms with van der Waals surface area (Å²) in [7, 11) is -2.21. The maximum atomic E-state index is 13.4. The fourth-order valence-corrected chi connectivity index (χ4v) is 4.38. The number of ether oxygens (including phenoxy) is 1. The van der Waals surface area contributed by atoms with E-state index in [4.69, 9.17) is 27.9 Å². The molecule has 6 N–H and O–H groups in total. The highest BCUT2D eigenvalue weighted by Crippen LogP contribution is 2.39. The Morgan fingerprint density at radius 3 is 2.31 bits per heavy atom. The smallest absolute Gasteiger partial charge is 0.255 e. The highest BCUT2D eigenvalue weighted by molar-refractivity contribution is 7.92. The lowest BCUT2D eigenvalue weighted by molar-refractivity contribution is 0.102. The van der Waals surface area contributed by atoms with Gasteiger partial charge in [0.15, 0.2) is 5.75 Å². The van der Waals surface area contributed by atoms with E-state index in [1.807, 2.05) is 27.7 Å². The molecule has 0 spiro atoms. The lowest BCUT2D eigenvalue weighted by Gasteiger charge is -2.24. The van der Waals surface area contributed by atoms with E-state index in [0.29, 0.717) is 33.4 Å². The van der Waals surface area contributed by atoms with Gasteiger partial charge in [0.05, 0.1) is 36.1 Å². The summed E-state index contributed by atoms with van der Waals surface area (Å²) in [4.78, 5) is 17.4. The second-order valence-electron chi connectivity index (χ2n) is 10.0. The number of hydrazine groups is 1. The van der Waals surface area contributed by atoms with Crippen molar-refractivity contribution in [1.82, 2.24) is 4.98 Å². The van der Waals surface area contributed by atoms with Crippen molar-refractivity contribution in [3.8, 4) is 5.75 Å². The van der Waals surface area contributed by atoms with Gasteiger partial charge in [0.2, 0.25) is 10.0 Å². The molecule has 0 atom stereocenters. The number of nitrogens with zero attached hydrogens (tertiary/aromatic N) is 2. The molecule has 3 aromatic rings. The largest absolute Gasteiger partial charge is 0.492 e. The predicted octanol–water partition coefficient (Wildman–Crippen LogP) is 4.61. The van der Waals surface area contributed by atoms with Crippen molar-refractivity contribution < 1.29 is 17.9 Å². The van der Waals surface area contributed by atoms with Gasteiger partial charge in [-0.3, -0.25) is 14.5 Å². The van der Waals surface area contributed by atoms with Crippen molar-refractivity contribution in [3.05, 3.63) is 82.3 Å². The molecule has 0 unspecified atom stereocenters. The summed E-state index contributed by atoms with van der Waals surface area (Å²) in [5, 5.41) is 4.52. The van der Waals surface area contributed by atoms with Gasteiger partial charge in [-0.2, -0.15) is 0 Å². The quantitative estimate of drug-likeness (QED) is 0.173. The Labute approximate surface area is 234 Å². The molecule has 0 saturated carbocycles. The molecular formula is C27H33ClN6O4S. The van der Waals surface area contributed by atoms with Crippen LogP contribution in [0.5, 0.6) is 5.75 Å². The van der Waals surface area contributed by atoms with Crippen LogP contribution in [0.2, 0.25) is 5.15 Å². The molecular weight excluding hydrogens is 540 g/mol. The minimum atomic E-state index is -3.61. The average Bonchev–Trinajstić information content (AvgIpc) is 2.82. The van der Waals surface area contributed by atoms with Gasteiger partial charge in [0.25, 0.3) is 5.91 Å². The molecule has 0 aliphatic carbocycles. The van der Waals surface area contributed by atoms with Crippen molar-refractivity contribution in [2.45, 2.75) is 33.1 Å². The minimum absolute atomic E-state index is 0.182. The van der Waals surface area contributed by atoms with Gasteiger partial charge in [-0.1, -0.05) is 38.4 Å². The molecule has 39 heavy (non-hydrogen) atoms. The Bertz CT molecular complexity index is 1520. The maximum Gasteiger partial charge on any atom is 0.255 e. The molecule has 1 heterocycles. The Kier molecular flexibility index (Phi) is 8.79. The van der Waals surface area contributed by atoms with Crippen LogP contribution in [0.15, 0.2) is 54.9 Å². The molecule has 0 fully saturated rings. The summed E-state index contributed by atoms with van der Waals surface area (Å²) in [5.41, 5.74) is 9.81. The van der Waals surface area contributed by atoms with Gasteiger partial charge in [0.1, 0.15) is 5.15 Å². The first-order valence-electron chi connectivity index (χ1n) is 11.8. The number of amides is 1. The molecule has 10 nitrogen and oxygen atoms in total. The highest BCUT2D eigenvalue weighted by atomic mass is 35.5. The van der Waals surface area contributed by atoms with Crippen LogP contribution in [0.3, 0.4) is 0 Å². The van der Waals surface area contributed by atoms with E-state index >= 15 is 0 Å². The summed E-state index contributed by atoms with van der Waals surface area (Å²) in [5.74, 6) is 6.03. The Balaban J connectivity index is 1.98. The number of sulfonamides is 1. The average molecular weight is 573 g/mol. The van der Waals surface area contributed by atoms with Crippen LogP contribution in [0.1, 0.15) is 47.8 Å². The molecule has 1 aromatic heterocycles. The zero-order valence-corrected chi connectivity index (χ0v) is 24.2. The molecule has 1 amide bonds. The molecule has 0 aliphatic rings. The summed E-state index contributed by atoms with van der Waals surface area (Å²) in [6, 6.07) is 11.8. The number of nitrogens with two attached hydrogens (primary N) is 2. The molecule has 0 saturated heterocycles. The summed E-state index contributed by atoms with van der Waals surface area (Å²) >= 11 is 5.85. The summed E-state index contributed by atoms with van der Waals surface area (Å²) < 4.78 is 32.0. The number of carbonyl (C=O) groups is 1. The van der Waals surface area contributed by atoms with Crippen molar-refractivity contribution in [2.75, 3.05) is 28.4 Å². The third-order valence-corrected chi connectivity index (χ3v) is 6.61. The summed E-state index contributed by atoms with van der Waals surface area (Å²) in [6.45, 7) is 7.79. The van der Waals surface area contributed by atoms with Crippen LogP contribution in [0.25, 0.3) is 5.70 Å². The number of nitrogens with one attached hydrogen (secondary N) is 2. The number of carbonyl (C=O) groups excluding carboxylic acids is 1. The van der Waals surface area contributed by atoms with Crippen LogP contribution in [-0.2, 0) is 15.4 Å². The number of rotatable bonds is 8. The monoisotopic (exact) mass is 572 g/mol. The van der Waals surface area contributed by atoms with E-state index < -0.39 is 15.9 Å². The minimum Gasteiger partial charge on any atom is -0.492 e. The number of halogens is 1. The number of hydrogen-bond donors (Lipinski definition) is 4. The first kappa shape index (κ1) is 29.8. The van der Waals surface area contributed by atoms with E-state index in [1.54, 1.807) is 42.5 Å². The van der Waals surface area contributed by atoms with E-state index in [2.05, 4.69) is 15.0 Å². The molecule has 208 valence electrons. The van der Waals surface area contributed by atoms with E-state index in [0.717, 1.165) is 17.4 Å². The Morgan fingerprint density at radius 2 is 1.74 bits per heavy atom. The first-order valence-corrected chi connectivity index (χ1v) is 14.1. The lowest BCUT2D eigenvalue weighted by atomic mass is 9.86. The van der Waals surface area contributed by atoms with E-state index in [1.165, 1.54) is 24.5 Å². The van der Waals surface area contributed by atoms with Gasteiger partial charge < -0.3 is 15.8 Å². The number of anilines is 3. The summed E-state index contributed by atoms with van der Waals surface area (Å²) in [6.07, 6.45) is 4.10. The molecule has 12 heteroatoms. The van der Waals surface area contributed by atoms with Crippen LogP contribution in [0, 0.1) is 6.92 Å². The first-order chi connectivity index (χ1) is 18.1. The van der Waals surface area contributed by atoms with Crippen molar-refractivity contribution in [3.63, 3.8) is 0 Å². The number of methoxy groups -OCH3 is 1. The zero-order valence-electron chi connectivity index (χ0n) is 22.7. The second kappa shape index (κ2) is 11.5. The number of aromatic nitrogens is 1. The van der Waals surface area contributed by atoms with Crippen molar-refractivity contribution in [2.24, 2.45) is 11.6 Å². The van der Waals surface area contributed by atoms with Crippen LogP contribution in [0.4, 0.5) is 17.1 Å². The van der Waals surface area contributed by atoms with E-state index in [9.17, 15) is 13.2 Å². The van der Waals surface area contributed by atoms with Crippen LogP contribution < -0.4 is 31.4 Å². The topological polar surface area (TPSA) is 153 Å². The van der Waals surface area contributed by atoms with Gasteiger partial charge in [-0.25, -0.2) is 19.2 Å². The predicted molar refractivity (Wildman–Crippen MR) is 157 cm³/mol. The standard InChI is InChI=1S/C27H33ClN6O4S/c1-16-7-8-17(11-23(16)34(30)15-20(29)18-9-10-24(28)31-14-18)26(35)32-21-12-19(27(2,3)4)13-22(25(21)38-5)33-39(6,36)37/h7-15,33H,29-30H2,1-6H3,(H,32,35)/b20-15-. The Morgan fingerprint density at radius 1 is 1.10 bits per heavy atom. The third kappa shape index (κ3) is 7.62. The molecule has 0 radical (unpaired) electrons. The molecule has 3 rings (SSSR count). The fraction of sp³-hybridized carbons (Fsp3) is 0.259. The van der Waals surface area contributed by atoms with Crippen LogP contribution >= 0.6 is 11.6 Å². The van der Waals surface area contributed by atoms with Gasteiger partial charge in [-0.05, 0) is 59.9 Å². The number of hydrogen-bond acceptors (Lipinski definition) is 8. The zero-order chi connectivity index (χ0) is 29.1. The molecule has 0 aliphatic heterocycles. The van der Waals surface area contributed by atoms with Crippen LogP contribution in [-0.4, -0.2) is 32.7 Å².